The Bertz CT molecular complexity index is 1000. The van der Waals surface area contributed by atoms with Gasteiger partial charge in [-0.2, -0.15) is 0 Å². The highest BCUT2D eigenvalue weighted by Crippen LogP contribution is 2.40. The monoisotopic (exact) mass is 393 g/mol. The van der Waals surface area contributed by atoms with Crippen molar-refractivity contribution in [1.82, 2.24) is 15.2 Å². The number of likely N-dealkylation sites (N-methyl/N-ethyl adjacent to an activating group) is 1. The molecule has 3 heterocycles. The van der Waals surface area contributed by atoms with Crippen molar-refractivity contribution < 1.29 is 14.3 Å². The van der Waals surface area contributed by atoms with Crippen LogP contribution in [0.1, 0.15) is 40.8 Å². The van der Waals surface area contributed by atoms with Gasteiger partial charge in [-0.15, -0.1) is 0 Å². The fourth-order valence-electron chi connectivity index (χ4n) is 3.50. The zero-order valence-corrected chi connectivity index (χ0v) is 16.0. The van der Waals surface area contributed by atoms with Crippen LogP contribution in [0, 0.1) is 0 Å². The molecule has 1 saturated heterocycles. The highest BCUT2D eigenvalue weighted by molar-refractivity contribution is 7.80. The van der Waals surface area contributed by atoms with Gasteiger partial charge in [-0.25, -0.2) is 4.79 Å². The lowest BCUT2D eigenvalue weighted by Crippen LogP contribution is -2.29. The molecule has 0 aliphatic carbocycles. The maximum atomic E-state index is 11.0. The van der Waals surface area contributed by atoms with Gasteiger partial charge in [0.2, 0.25) is 0 Å². The average molecular weight is 393 g/mol. The van der Waals surface area contributed by atoms with Gasteiger partial charge in [-0.1, -0.05) is 18.2 Å². The SMILES string of the molecule is CCN1C(=S)N[C@H](c2ccccn2)[C@@H]1c1ccc(-c2ccc(C(=O)O)cc2)o1. The van der Waals surface area contributed by atoms with Crippen molar-refractivity contribution in [1.29, 1.82) is 0 Å². The topological polar surface area (TPSA) is 78.6 Å². The van der Waals surface area contributed by atoms with Crippen LogP contribution in [-0.4, -0.2) is 32.6 Å². The number of pyridine rings is 1. The van der Waals surface area contributed by atoms with Gasteiger partial charge in [0.25, 0.3) is 0 Å². The Kier molecular flexibility index (Phi) is 4.83. The molecule has 7 heteroatoms. The van der Waals surface area contributed by atoms with E-state index in [2.05, 4.69) is 22.1 Å². The fraction of sp³-hybridized carbons (Fsp3) is 0.190. The van der Waals surface area contributed by atoms with Crippen molar-refractivity contribution in [2.45, 2.75) is 19.0 Å². The number of hydrogen-bond donors (Lipinski definition) is 2. The number of aromatic carboxylic acids is 1. The smallest absolute Gasteiger partial charge is 0.335 e. The van der Waals surface area contributed by atoms with Crippen molar-refractivity contribution in [3.8, 4) is 11.3 Å². The lowest BCUT2D eigenvalue weighted by Gasteiger charge is -2.24. The summed E-state index contributed by atoms with van der Waals surface area (Å²) >= 11 is 5.52. The van der Waals surface area contributed by atoms with E-state index in [1.54, 1.807) is 30.5 Å². The molecule has 6 nitrogen and oxygen atoms in total. The number of nitrogens with one attached hydrogen (secondary N) is 1. The number of rotatable bonds is 5. The Balaban J connectivity index is 1.68. The van der Waals surface area contributed by atoms with Gasteiger partial charge in [-0.3, -0.25) is 4.98 Å². The molecule has 0 amide bonds. The summed E-state index contributed by atoms with van der Waals surface area (Å²) in [5, 5.41) is 13.1. The predicted octanol–water partition coefficient (Wildman–Crippen LogP) is 4.03. The van der Waals surface area contributed by atoms with Gasteiger partial charge in [0.05, 0.1) is 17.3 Å². The summed E-state index contributed by atoms with van der Waals surface area (Å²) in [5.41, 5.74) is 1.96. The van der Waals surface area contributed by atoms with E-state index >= 15 is 0 Å². The highest BCUT2D eigenvalue weighted by atomic mass is 32.1. The van der Waals surface area contributed by atoms with Crippen molar-refractivity contribution in [2.24, 2.45) is 0 Å². The summed E-state index contributed by atoms with van der Waals surface area (Å²) in [4.78, 5) is 17.6. The normalized spacial score (nSPS) is 18.9. The number of carboxylic acids is 1. The molecule has 28 heavy (non-hydrogen) atoms. The largest absolute Gasteiger partial charge is 0.478 e. The summed E-state index contributed by atoms with van der Waals surface area (Å²) in [7, 11) is 0. The second-order valence-corrected chi connectivity index (χ2v) is 6.88. The van der Waals surface area contributed by atoms with E-state index in [0.717, 1.165) is 23.6 Å². The van der Waals surface area contributed by atoms with E-state index in [4.69, 9.17) is 21.7 Å². The van der Waals surface area contributed by atoms with E-state index in [1.165, 1.54) is 0 Å². The van der Waals surface area contributed by atoms with Crippen LogP contribution in [0.4, 0.5) is 0 Å². The van der Waals surface area contributed by atoms with Gasteiger partial charge in [0, 0.05) is 18.3 Å². The minimum absolute atomic E-state index is 0.109. The standard InChI is InChI=1S/C21H19N3O3S/c1-2-24-19(18(23-21(24)28)15-5-3-4-12-22-15)17-11-10-16(27-17)13-6-8-14(9-7-13)20(25)26/h3-12,18-19H,2H2,1H3,(H,23,28)(H,25,26)/t18-,19+/m1/s1. The van der Waals surface area contributed by atoms with Gasteiger partial charge in [0.15, 0.2) is 5.11 Å². The van der Waals surface area contributed by atoms with E-state index in [-0.39, 0.29) is 17.6 Å². The Labute approximate surface area is 167 Å². The molecule has 2 N–H and O–H groups in total. The Morgan fingerprint density at radius 1 is 1.21 bits per heavy atom. The summed E-state index contributed by atoms with van der Waals surface area (Å²) in [6, 6.07) is 16.1. The zero-order valence-electron chi connectivity index (χ0n) is 15.2. The van der Waals surface area contributed by atoms with Crippen molar-refractivity contribution >= 4 is 23.3 Å². The van der Waals surface area contributed by atoms with E-state index < -0.39 is 5.97 Å². The number of carbonyl (C=O) groups is 1. The van der Waals surface area contributed by atoms with Gasteiger partial charge < -0.3 is 19.7 Å². The number of thiocarbonyl (C=S) groups is 1. The van der Waals surface area contributed by atoms with Gasteiger partial charge in [0.1, 0.15) is 17.6 Å². The second-order valence-electron chi connectivity index (χ2n) is 6.50. The van der Waals surface area contributed by atoms with Crippen LogP contribution in [0.5, 0.6) is 0 Å². The molecule has 0 bridgehead atoms. The first-order valence-corrected chi connectivity index (χ1v) is 9.41. The third kappa shape index (κ3) is 3.25. The van der Waals surface area contributed by atoms with Crippen LogP contribution >= 0.6 is 12.2 Å². The van der Waals surface area contributed by atoms with E-state index in [9.17, 15) is 4.79 Å². The van der Waals surface area contributed by atoms with Gasteiger partial charge in [-0.05, 0) is 55.5 Å². The maximum Gasteiger partial charge on any atom is 0.335 e. The molecular formula is C21H19N3O3S. The summed E-state index contributed by atoms with van der Waals surface area (Å²) in [6.45, 7) is 2.79. The summed E-state index contributed by atoms with van der Waals surface area (Å²) in [5.74, 6) is 0.511. The molecule has 1 aromatic carbocycles. The minimum Gasteiger partial charge on any atom is -0.478 e. The molecule has 0 unspecified atom stereocenters. The van der Waals surface area contributed by atoms with E-state index in [0.29, 0.717) is 10.9 Å². The molecular weight excluding hydrogens is 374 g/mol. The van der Waals surface area contributed by atoms with E-state index in [1.807, 2.05) is 30.3 Å². The summed E-state index contributed by atoms with van der Waals surface area (Å²) in [6.07, 6.45) is 1.77. The first-order chi connectivity index (χ1) is 13.6. The number of benzene rings is 1. The van der Waals surface area contributed by atoms with Crippen LogP contribution in [-0.2, 0) is 0 Å². The zero-order chi connectivity index (χ0) is 19.7. The van der Waals surface area contributed by atoms with Crippen molar-refractivity contribution in [2.75, 3.05) is 6.54 Å². The molecule has 0 radical (unpaired) electrons. The molecule has 0 saturated carbocycles. The molecule has 2 aromatic heterocycles. The van der Waals surface area contributed by atoms with Crippen LogP contribution in [0.25, 0.3) is 11.3 Å². The molecule has 0 spiro atoms. The highest BCUT2D eigenvalue weighted by Gasteiger charge is 2.40. The third-order valence-electron chi connectivity index (χ3n) is 4.87. The molecule has 1 aliphatic rings. The Hall–Kier alpha value is -3.19. The first kappa shape index (κ1) is 18.2. The van der Waals surface area contributed by atoms with Crippen LogP contribution in [0.3, 0.4) is 0 Å². The number of furan rings is 1. The van der Waals surface area contributed by atoms with Crippen molar-refractivity contribution in [3.05, 3.63) is 77.8 Å². The Morgan fingerprint density at radius 3 is 2.64 bits per heavy atom. The lowest BCUT2D eigenvalue weighted by molar-refractivity contribution is 0.0697. The molecule has 1 fully saturated rings. The first-order valence-electron chi connectivity index (χ1n) is 9.00. The van der Waals surface area contributed by atoms with Crippen LogP contribution < -0.4 is 5.32 Å². The van der Waals surface area contributed by atoms with Crippen LogP contribution in [0.15, 0.2) is 65.2 Å². The predicted molar refractivity (Wildman–Crippen MR) is 109 cm³/mol. The lowest BCUT2D eigenvalue weighted by atomic mass is 10.0. The minimum atomic E-state index is -0.950. The quantitative estimate of drug-likeness (QED) is 0.634. The van der Waals surface area contributed by atoms with Crippen LogP contribution in [0.2, 0.25) is 0 Å². The van der Waals surface area contributed by atoms with Crippen molar-refractivity contribution in [3.63, 3.8) is 0 Å². The molecule has 142 valence electrons. The molecule has 1 aliphatic heterocycles. The Morgan fingerprint density at radius 2 is 2.00 bits per heavy atom. The number of hydrogen-bond acceptors (Lipinski definition) is 4. The maximum absolute atomic E-state index is 11.0. The third-order valence-corrected chi connectivity index (χ3v) is 5.23. The summed E-state index contributed by atoms with van der Waals surface area (Å²) < 4.78 is 6.17. The number of aromatic nitrogens is 1. The number of nitrogens with zero attached hydrogens (tertiary/aromatic N) is 2. The second kappa shape index (κ2) is 7.44. The fourth-order valence-corrected chi connectivity index (χ4v) is 3.87. The molecule has 3 aromatic rings. The van der Waals surface area contributed by atoms with Gasteiger partial charge >= 0.3 is 5.97 Å². The number of carboxylic acid groups (broad SMARTS) is 1. The average Bonchev–Trinajstić information content (AvgIpc) is 3.33. The molecule has 2 atom stereocenters. The molecule has 4 rings (SSSR count).